The van der Waals surface area contributed by atoms with Crippen LogP contribution in [0.15, 0.2) is 0 Å². The van der Waals surface area contributed by atoms with Gasteiger partial charge in [-0.25, -0.2) is 0 Å². The number of piperazine rings is 1. The Hall–Kier alpha value is -0.480. The molecular formula is C20H39N3O4S2. The van der Waals surface area contributed by atoms with E-state index in [0.717, 1.165) is 70.2 Å². The Morgan fingerprint density at radius 2 is 1.52 bits per heavy atom. The summed E-state index contributed by atoms with van der Waals surface area (Å²) >= 11 is 0. The third-order valence-corrected chi connectivity index (χ3v) is 7.04. The lowest BCUT2D eigenvalue weighted by atomic mass is 10.3. The third kappa shape index (κ3) is 15.0. The molecule has 1 saturated heterocycles. The number of carbonyl (C=O) groups excluding carboxylic acids is 2. The molecule has 0 bridgehead atoms. The molecule has 0 amide bonds. The van der Waals surface area contributed by atoms with E-state index in [1.165, 1.54) is 0 Å². The first-order valence-electron chi connectivity index (χ1n) is 10.7. The Labute approximate surface area is 184 Å². The van der Waals surface area contributed by atoms with Gasteiger partial charge in [0.25, 0.3) is 0 Å². The molecule has 0 N–H and O–H groups in total. The van der Waals surface area contributed by atoms with Gasteiger partial charge in [-0.2, -0.15) is 0 Å². The van der Waals surface area contributed by atoms with Gasteiger partial charge in [0.2, 0.25) is 0 Å². The van der Waals surface area contributed by atoms with Gasteiger partial charge in [-0.3, -0.25) is 9.59 Å². The molecule has 9 heteroatoms. The van der Waals surface area contributed by atoms with E-state index in [-0.39, 0.29) is 11.9 Å². The number of nitrogens with zero attached hydrogens (tertiary/aromatic N) is 3. The normalized spacial score (nSPS) is 15.6. The van der Waals surface area contributed by atoms with Crippen molar-refractivity contribution in [2.24, 2.45) is 0 Å². The molecule has 7 nitrogen and oxygen atoms in total. The highest BCUT2D eigenvalue weighted by Crippen LogP contribution is 2.20. The van der Waals surface area contributed by atoms with Crippen molar-refractivity contribution < 1.29 is 19.1 Å². The average molecular weight is 450 g/mol. The van der Waals surface area contributed by atoms with Crippen LogP contribution in [0.5, 0.6) is 0 Å². The highest BCUT2D eigenvalue weighted by Gasteiger charge is 2.13. The van der Waals surface area contributed by atoms with Crippen molar-refractivity contribution in [1.29, 1.82) is 0 Å². The summed E-state index contributed by atoms with van der Waals surface area (Å²) in [7, 11) is 7.52. The number of likely N-dealkylation sites (N-methyl/N-ethyl adjacent to an activating group) is 1. The summed E-state index contributed by atoms with van der Waals surface area (Å²) < 4.78 is 10.4. The Morgan fingerprint density at radius 1 is 0.931 bits per heavy atom. The van der Waals surface area contributed by atoms with Crippen LogP contribution in [0.25, 0.3) is 0 Å². The molecule has 0 aromatic heterocycles. The van der Waals surface area contributed by atoms with Gasteiger partial charge in [0.05, 0.1) is 6.42 Å². The van der Waals surface area contributed by atoms with Crippen molar-refractivity contribution in [2.75, 3.05) is 84.6 Å². The maximum Gasteiger partial charge on any atom is 0.307 e. The van der Waals surface area contributed by atoms with Gasteiger partial charge in [-0.05, 0) is 40.0 Å². The molecule has 0 saturated carbocycles. The number of rotatable bonds is 16. The Bertz CT molecular complexity index is 449. The Balaban J connectivity index is 1.88. The third-order valence-electron chi connectivity index (χ3n) is 4.70. The number of hydrogen-bond acceptors (Lipinski definition) is 9. The van der Waals surface area contributed by atoms with Gasteiger partial charge >= 0.3 is 11.9 Å². The molecule has 1 aliphatic heterocycles. The zero-order valence-electron chi connectivity index (χ0n) is 18.4. The number of ether oxygens (including phenoxy) is 2. The molecule has 0 spiro atoms. The van der Waals surface area contributed by atoms with Gasteiger partial charge < -0.3 is 24.2 Å². The fourth-order valence-electron chi connectivity index (χ4n) is 2.88. The van der Waals surface area contributed by atoms with Gasteiger partial charge in [-0.15, -0.1) is 0 Å². The fourth-order valence-corrected chi connectivity index (χ4v) is 4.53. The summed E-state index contributed by atoms with van der Waals surface area (Å²) in [4.78, 5) is 30.1. The van der Waals surface area contributed by atoms with Crippen molar-refractivity contribution in [3.63, 3.8) is 0 Å². The minimum atomic E-state index is -0.130. The highest BCUT2D eigenvalue weighted by atomic mass is 33.1. The van der Waals surface area contributed by atoms with Gasteiger partial charge in [0.15, 0.2) is 0 Å². The number of hydrogen-bond donors (Lipinski definition) is 0. The van der Waals surface area contributed by atoms with E-state index in [4.69, 9.17) is 9.47 Å². The number of esters is 2. The van der Waals surface area contributed by atoms with E-state index >= 15 is 0 Å². The van der Waals surface area contributed by atoms with E-state index in [1.54, 1.807) is 21.6 Å². The van der Waals surface area contributed by atoms with Crippen LogP contribution >= 0.6 is 21.6 Å². The van der Waals surface area contributed by atoms with Crippen molar-refractivity contribution in [3.05, 3.63) is 0 Å². The van der Waals surface area contributed by atoms with Gasteiger partial charge in [0.1, 0.15) is 13.2 Å². The first-order valence-corrected chi connectivity index (χ1v) is 13.1. The van der Waals surface area contributed by atoms with E-state index < -0.39 is 0 Å². The molecule has 29 heavy (non-hydrogen) atoms. The van der Waals surface area contributed by atoms with Crippen molar-refractivity contribution in [1.82, 2.24) is 14.7 Å². The van der Waals surface area contributed by atoms with E-state index in [0.29, 0.717) is 26.1 Å². The highest BCUT2D eigenvalue weighted by molar-refractivity contribution is 8.76. The first-order chi connectivity index (χ1) is 14.0. The lowest BCUT2D eigenvalue weighted by Crippen LogP contribution is -2.45. The van der Waals surface area contributed by atoms with Crippen LogP contribution in [0.2, 0.25) is 0 Å². The van der Waals surface area contributed by atoms with Gasteiger partial charge in [0, 0.05) is 50.7 Å². The van der Waals surface area contributed by atoms with Crippen molar-refractivity contribution in [2.45, 2.75) is 32.6 Å². The average Bonchev–Trinajstić information content (AvgIpc) is 2.70. The minimum Gasteiger partial charge on any atom is -0.465 e. The predicted molar refractivity (Wildman–Crippen MR) is 122 cm³/mol. The van der Waals surface area contributed by atoms with Crippen LogP contribution in [0, 0.1) is 0 Å². The topological polar surface area (TPSA) is 62.3 Å². The Morgan fingerprint density at radius 3 is 2.10 bits per heavy atom. The van der Waals surface area contributed by atoms with Gasteiger partial charge in [-0.1, -0.05) is 28.5 Å². The van der Waals surface area contributed by atoms with Crippen LogP contribution < -0.4 is 0 Å². The molecule has 0 aromatic rings. The molecular weight excluding hydrogens is 410 g/mol. The predicted octanol–water partition coefficient (Wildman–Crippen LogP) is 2.21. The smallest absolute Gasteiger partial charge is 0.307 e. The summed E-state index contributed by atoms with van der Waals surface area (Å²) in [5.74, 6) is 1.25. The summed E-state index contributed by atoms with van der Waals surface area (Å²) in [5.41, 5.74) is 0. The zero-order chi connectivity index (χ0) is 21.3. The molecule has 170 valence electrons. The summed E-state index contributed by atoms with van der Waals surface area (Å²) in [5, 5.41) is 0. The molecule has 1 heterocycles. The molecule has 1 rings (SSSR count). The number of carbonyl (C=O) groups is 2. The SMILES string of the molecule is CCCC(=O)OCCSSCCOC(=O)CCN(C)CCCN1CCN(C)CC1. The second-order valence-corrected chi connectivity index (χ2v) is 10.1. The Kier molecular flexibility index (Phi) is 15.8. The van der Waals surface area contributed by atoms with E-state index in [9.17, 15) is 9.59 Å². The standard InChI is InChI=1S/C20H39N3O4S2/c1-4-6-19(24)26-15-17-28-29-18-16-27-20(25)7-10-21(2)8-5-9-23-13-11-22(3)12-14-23/h4-18H2,1-3H3. The lowest BCUT2D eigenvalue weighted by molar-refractivity contribution is -0.144. The minimum absolute atomic E-state index is 0.128. The lowest BCUT2D eigenvalue weighted by Gasteiger charge is -2.32. The van der Waals surface area contributed by atoms with Crippen LogP contribution in [-0.4, -0.2) is 111 Å². The zero-order valence-corrected chi connectivity index (χ0v) is 20.0. The summed E-state index contributed by atoms with van der Waals surface area (Å²) in [6, 6.07) is 0. The van der Waals surface area contributed by atoms with Crippen molar-refractivity contribution in [3.8, 4) is 0 Å². The second kappa shape index (κ2) is 17.2. The fraction of sp³-hybridized carbons (Fsp3) is 0.900. The monoisotopic (exact) mass is 449 g/mol. The molecule has 1 fully saturated rings. The quantitative estimate of drug-likeness (QED) is 0.200. The van der Waals surface area contributed by atoms with Crippen molar-refractivity contribution >= 4 is 33.5 Å². The first kappa shape index (κ1) is 26.6. The maximum absolute atomic E-state index is 11.8. The van der Waals surface area contributed by atoms with Crippen LogP contribution in [-0.2, 0) is 19.1 Å². The van der Waals surface area contributed by atoms with Crippen LogP contribution in [0.4, 0.5) is 0 Å². The molecule has 0 radical (unpaired) electrons. The molecule has 0 aliphatic carbocycles. The molecule has 0 unspecified atom stereocenters. The second-order valence-electron chi connectivity index (χ2n) is 7.39. The van der Waals surface area contributed by atoms with Crippen LogP contribution in [0.1, 0.15) is 32.6 Å². The maximum atomic E-state index is 11.8. The largest absolute Gasteiger partial charge is 0.465 e. The van der Waals surface area contributed by atoms with E-state index in [1.807, 2.05) is 6.92 Å². The molecule has 1 aliphatic rings. The summed E-state index contributed by atoms with van der Waals surface area (Å²) in [6.45, 7) is 10.4. The summed E-state index contributed by atoms with van der Waals surface area (Å²) in [6.07, 6.45) is 2.88. The molecule has 0 aromatic carbocycles. The molecule has 0 atom stereocenters. The van der Waals surface area contributed by atoms with Crippen LogP contribution in [0.3, 0.4) is 0 Å². The van der Waals surface area contributed by atoms with E-state index in [2.05, 4.69) is 28.8 Å².